The quantitative estimate of drug-likeness (QED) is 0.783. The number of amides is 1. The predicted molar refractivity (Wildman–Crippen MR) is 67.9 cm³/mol. The summed E-state index contributed by atoms with van der Waals surface area (Å²) in [6.07, 6.45) is 5.91. The van der Waals surface area contributed by atoms with Gasteiger partial charge in [-0.3, -0.25) is 9.48 Å². The van der Waals surface area contributed by atoms with Crippen LogP contribution in [0.1, 0.15) is 26.2 Å². The molecule has 1 amide bonds. The molecule has 1 aromatic heterocycles. The topological polar surface area (TPSA) is 71.8 Å². The zero-order valence-corrected chi connectivity index (χ0v) is 10.9. The third-order valence-electron chi connectivity index (χ3n) is 3.43. The summed E-state index contributed by atoms with van der Waals surface area (Å²) < 4.78 is 1.67. The Morgan fingerprint density at radius 1 is 1.61 bits per heavy atom. The fraction of sp³-hybridized carbons (Fsp3) is 0.750. The molecule has 1 unspecified atom stereocenters. The first-order valence-corrected chi connectivity index (χ1v) is 6.48. The van der Waals surface area contributed by atoms with Crippen LogP contribution >= 0.6 is 0 Å². The van der Waals surface area contributed by atoms with Crippen molar-refractivity contribution in [2.45, 2.75) is 32.7 Å². The van der Waals surface area contributed by atoms with Crippen LogP contribution in [-0.2, 0) is 11.3 Å². The Kier molecular flexibility index (Phi) is 4.30. The van der Waals surface area contributed by atoms with Crippen molar-refractivity contribution in [3.8, 4) is 0 Å². The van der Waals surface area contributed by atoms with Crippen LogP contribution in [0.4, 0.5) is 0 Å². The van der Waals surface area contributed by atoms with Gasteiger partial charge >= 0.3 is 0 Å². The van der Waals surface area contributed by atoms with E-state index in [-0.39, 0.29) is 11.3 Å². The summed E-state index contributed by atoms with van der Waals surface area (Å²) >= 11 is 0. The van der Waals surface area contributed by atoms with Gasteiger partial charge in [0.2, 0.25) is 5.91 Å². The number of piperidine rings is 1. The van der Waals surface area contributed by atoms with Gasteiger partial charge in [0.1, 0.15) is 12.7 Å². The van der Waals surface area contributed by atoms with Gasteiger partial charge in [-0.2, -0.15) is 5.10 Å². The number of aryl methyl sites for hydroxylation is 1. The average Bonchev–Trinajstić information content (AvgIpc) is 2.88. The zero-order valence-electron chi connectivity index (χ0n) is 10.9. The molecule has 0 bridgehead atoms. The van der Waals surface area contributed by atoms with Crippen molar-refractivity contribution in [2.75, 3.05) is 19.6 Å². The van der Waals surface area contributed by atoms with Gasteiger partial charge < -0.3 is 10.6 Å². The second-order valence-electron chi connectivity index (χ2n) is 5.28. The van der Waals surface area contributed by atoms with E-state index >= 15 is 0 Å². The number of nitrogens with one attached hydrogen (secondary N) is 2. The number of hydrogen-bond donors (Lipinski definition) is 2. The molecule has 0 aromatic carbocycles. The molecule has 1 aromatic rings. The van der Waals surface area contributed by atoms with Crippen molar-refractivity contribution in [2.24, 2.45) is 5.41 Å². The van der Waals surface area contributed by atoms with Crippen LogP contribution in [0.25, 0.3) is 0 Å². The largest absolute Gasteiger partial charge is 0.355 e. The van der Waals surface area contributed by atoms with Crippen LogP contribution in [-0.4, -0.2) is 40.3 Å². The van der Waals surface area contributed by atoms with E-state index in [1.165, 1.54) is 19.2 Å². The lowest BCUT2D eigenvalue weighted by Crippen LogP contribution is -2.45. The monoisotopic (exact) mass is 251 g/mol. The van der Waals surface area contributed by atoms with Gasteiger partial charge in [0.25, 0.3) is 0 Å². The Balaban J connectivity index is 1.68. The van der Waals surface area contributed by atoms with Gasteiger partial charge in [0.05, 0.1) is 6.54 Å². The van der Waals surface area contributed by atoms with Gasteiger partial charge in [0, 0.05) is 19.5 Å². The van der Waals surface area contributed by atoms with Crippen LogP contribution in [0.2, 0.25) is 0 Å². The zero-order chi connectivity index (χ0) is 12.8. The highest BCUT2D eigenvalue weighted by Gasteiger charge is 2.26. The molecule has 1 saturated heterocycles. The summed E-state index contributed by atoms with van der Waals surface area (Å²) in [6, 6.07) is 0. The molecule has 2 heterocycles. The lowest BCUT2D eigenvalue weighted by molar-refractivity contribution is -0.121. The molecule has 0 saturated carbocycles. The van der Waals surface area contributed by atoms with Gasteiger partial charge in [-0.15, -0.1) is 0 Å². The average molecular weight is 251 g/mol. The van der Waals surface area contributed by atoms with Crippen LogP contribution in [0.3, 0.4) is 0 Å². The number of hydrogen-bond acceptors (Lipinski definition) is 4. The summed E-state index contributed by atoms with van der Waals surface area (Å²) in [5.41, 5.74) is 0.196. The fourth-order valence-electron chi connectivity index (χ4n) is 2.23. The Morgan fingerprint density at radius 2 is 2.50 bits per heavy atom. The van der Waals surface area contributed by atoms with E-state index in [0.29, 0.717) is 13.0 Å². The summed E-state index contributed by atoms with van der Waals surface area (Å²) in [5.74, 6) is 0.0808. The minimum absolute atomic E-state index is 0.0808. The second-order valence-corrected chi connectivity index (χ2v) is 5.28. The van der Waals surface area contributed by atoms with E-state index in [1.807, 2.05) is 0 Å². The van der Waals surface area contributed by atoms with Crippen molar-refractivity contribution in [1.29, 1.82) is 0 Å². The van der Waals surface area contributed by atoms with Crippen molar-refractivity contribution < 1.29 is 4.79 Å². The maximum absolute atomic E-state index is 11.7. The number of carbonyl (C=O) groups is 1. The first kappa shape index (κ1) is 13.0. The number of nitrogens with zero attached hydrogens (tertiary/aromatic N) is 3. The first-order valence-electron chi connectivity index (χ1n) is 6.48. The highest BCUT2D eigenvalue weighted by molar-refractivity contribution is 5.75. The molecule has 1 aliphatic rings. The molecular weight excluding hydrogens is 230 g/mol. The summed E-state index contributed by atoms with van der Waals surface area (Å²) in [5, 5.41) is 10.4. The Labute approximate surface area is 107 Å². The van der Waals surface area contributed by atoms with Crippen LogP contribution in [0.5, 0.6) is 0 Å². The van der Waals surface area contributed by atoms with E-state index < -0.39 is 0 Å². The van der Waals surface area contributed by atoms with E-state index in [4.69, 9.17) is 0 Å². The molecule has 100 valence electrons. The van der Waals surface area contributed by atoms with Gasteiger partial charge in [-0.05, 0) is 24.8 Å². The lowest BCUT2D eigenvalue weighted by Gasteiger charge is -2.34. The number of carbonyl (C=O) groups excluding carboxylic acids is 1. The van der Waals surface area contributed by atoms with Gasteiger partial charge in [0.15, 0.2) is 0 Å². The van der Waals surface area contributed by atoms with Crippen LogP contribution < -0.4 is 10.6 Å². The number of aromatic nitrogens is 3. The molecule has 6 heteroatoms. The van der Waals surface area contributed by atoms with E-state index in [1.54, 1.807) is 11.0 Å². The molecule has 1 fully saturated rings. The smallest absolute Gasteiger partial charge is 0.221 e. The molecule has 2 N–H and O–H groups in total. The van der Waals surface area contributed by atoms with Crippen molar-refractivity contribution >= 4 is 5.91 Å². The molecule has 0 spiro atoms. The summed E-state index contributed by atoms with van der Waals surface area (Å²) in [7, 11) is 0. The van der Waals surface area contributed by atoms with Crippen molar-refractivity contribution in [3.63, 3.8) is 0 Å². The first-order chi connectivity index (χ1) is 8.68. The standard InChI is InChI=1S/C12H21N5O/c1-12(4-2-5-13-7-12)8-15-11(18)3-6-17-10-14-9-16-17/h9-10,13H,2-8H2,1H3,(H,15,18). The Hall–Kier alpha value is -1.43. The summed E-state index contributed by atoms with van der Waals surface area (Å²) in [4.78, 5) is 15.6. The molecule has 0 aliphatic carbocycles. The van der Waals surface area contributed by atoms with Gasteiger partial charge in [-0.25, -0.2) is 4.98 Å². The molecule has 18 heavy (non-hydrogen) atoms. The lowest BCUT2D eigenvalue weighted by atomic mass is 9.83. The molecule has 2 rings (SSSR count). The fourth-order valence-corrected chi connectivity index (χ4v) is 2.23. The highest BCUT2D eigenvalue weighted by Crippen LogP contribution is 2.24. The Morgan fingerprint density at radius 3 is 3.17 bits per heavy atom. The molecule has 1 atom stereocenters. The minimum Gasteiger partial charge on any atom is -0.355 e. The minimum atomic E-state index is 0.0808. The van der Waals surface area contributed by atoms with Gasteiger partial charge in [-0.1, -0.05) is 6.92 Å². The molecule has 1 aliphatic heterocycles. The van der Waals surface area contributed by atoms with Crippen molar-refractivity contribution in [3.05, 3.63) is 12.7 Å². The normalized spacial score (nSPS) is 23.8. The third-order valence-corrected chi connectivity index (χ3v) is 3.43. The van der Waals surface area contributed by atoms with E-state index in [0.717, 1.165) is 19.6 Å². The third kappa shape index (κ3) is 3.80. The predicted octanol–water partition coefficient (Wildman–Crippen LogP) is 0.174. The maximum atomic E-state index is 11.7. The second kappa shape index (κ2) is 5.95. The SMILES string of the molecule is CC1(CNC(=O)CCn2cncn2)CCCNC1. The van der Waals surface area contributed by atoms with Crippen LogP contribution in [0, 0.1) is 5.41 Å². The van der Waals surface area contributed by atoms with Crippen molar-refractivity contribution in [1.82, 2.24) is 25.4 Å². The molecule has 6 nitrogen and oxygen atoms in total. The molecule has 0 radical (unpaired) electrons. The number of rotatable bonds is 5. The highest BCUT2D eigenvalue weighted by atomic mass is 16.1. The van der Waals surface area contributed by atoms with E-state index in [2.05, 4.69) is 27.6 Å². The van der Waals surface area contributed by atoms with Crippen LogP contribution in [0.15, 0.2) is 12.7 Å². The maximum Gasteiger partial charge on any atom is 0.221 e. The Bertz CT molecular complexity index is 370. The molecular formula is C12H21N5O. The van der Waals surface area contributed by atoms with E-state index in [9.17, 15) is 4.79 Å². The summed E-state index contributed by atoms with van der Waals surface area (Å²) in [6.45, 7) is 5.63.